The first-order chi connectivity index (χ1) is 16.3. The number of nitrogens with zero attached hydrogens (tertiary/aromatic N) is 3. The number of anilines is 1. The molecule has 3 fully saturated rings. The zero-order valence-corrected chi connectivity index (χ0v) is 17.7. The molecule has 1 aromatic carbocycles. The molecule has 1 N–H and O–H groups in total. The van der Waals surface area contributed by atoms with Crippen molar-refractivity contribution in [2.24, 2.45) is 11.8 Å². The molecule has 11 heteroatoms. The van der Waals surface area contributed by atoms with E-state index in [1.54, 1.807) is 12.1 Å². The SMILES string of the molecule is N#CC1(c2ccc(-c3ccc(N4C[C@H](CNC(=O)C(F)F)OC4=O)cc3F)cn2)[C@@H]2COC[C@@H]21. The Hall–Kier alpha value is -3.65. The average Bonchev–Trinajstić information content (AvgIpc) is 3.12. The van der Waals surface area contributed by atoms with Gasteiger partial charge in [0.25, 0.3) is 5.91 Å². The second-order valence-corrected chi connectivity index (χ2v) is 8.49. The summed E-state index contributed by atoms with van der Waals surface area (Å²) in [6, 6.07) is 10.0. The van der Waals surface area contributed by atoms with Crippen LogP contribution in [0.1, 0.15) is 5.69 Å². The normalized spacial score (nSPS) is 27.3. The van der Waals surface area contributed by atoms with E-state index < -0.39 is 35.8 Å². The molecule has 3 heterocycles. The fourth-order valence-corrected chi connectivity index (χ4v) is 4.79. The number of fused-ring (bicyclic) bond motifs is 1. The van der Waals surface area contributed by atoms with Crippen molar-refractivity contribution < 1.29 is 32.2 Å². The van der Waals surface area contributed by atoms with E-state index in [2.05, 4.69) is 11.1 Å². The Morgan fingerprint density at radius 1 is 1.29 bits per heavy atom. The Labute approximate surface area is 192 Å². The predicted molar refractivity (Wildman–Crippen MR) is 111 cm³/mol. The van der Waals surface area contributed by atoms with Gasteiger partial charge in [0.15, 0.2) is 0 Å². The van der Waals surface area contributed by atoms with Crippen molar-refractivity contribution in [2.75, 3.05) is 31.2 Å². The summed E-state index contributed by atoms with van der Waals surface area (Å²) in [7, 11) is 0. The molecule has 34 heavy (non-hydrogen) atoms. The Morgan fingerprint density at radius 2 is 2.06 bits per heavy atom. The first-order valence-electron chi connectivity index (χ1n) is 10.6. The highest BCUT2D eigenvalue weighted by atomic mass is 19.3. The van der Waals surface area contributed by atoms with Crippen LogP contribution >= 0.6 is 0 Å². The Kier molecular flexibility index (Phi) is 5.40. The second-order valence-electron chi connectivity index (χ2n) is 8.49. The molecule has 4 atom stereocenters. The lowest BCUT2D eigenvalue weighted by Crippen LogP contribution is -2.37. The van der Waals surface area contributed by atoms with Gasteiger partial charge in [0.2, 0.25) is 0 Å². The lowest BCUT2D eigenvalue weighted by atomic mass is 9.96. The summed E-state index contributed by atoms with van der Waals surface area (Å²) in [5.41, 5.74) is 1.02. The quantitative estimate of drug-likeness (QED) is 0.693. The molecule has 5 rings (SSSR count). The van der Waals surface area contributed by atoms with Crippen LogP contribution in [-0.2, 0) is 19.7 Å². The number of hydrogen-bond donors (Lipinski definition) is 1. The molecule has 1 aromatic heterocycles. The molecule has 1 saturated carbocycles. The molecular weight excluding hydrogens is 453 g/mol. The van der Waals surface area contributed by atoms with Gasteiger partial charge in [-0.1, -0.05) is 6.07 Å². The minimum atomic E-state index is -3.17. The monoisotopic (exact) mass is 472 g/mol. The van der Waals surface area contributed by atoms with E-state index in [0.717, 1.165) is 4.90 Å². The molecule has 1 unspecified atom stereocenters. The van der Waals surface area contributed by atoms with Crippen LogP contribution in [0.4, 0.5) is 23.7 Å². The van der Waals surface area contributed by atoms with Crippen molar-refractivity contribution in [2.45, 2.75) is 17.9 Å². The molecule has 2 aliphatic heterocycles. The maximum atomic E-state index is 14.9. The lowest BCUT2D eigenvalue weighted by molar-refractivity contribution is -0.132. The third-order valence-corrected chi connectivity index (χ3v) is 6.67. The summed E-state index contributed by atoms with van der Waals surface area (Å²) in [6.45, 7) is 0.772. The van der Waals surface area contributed by atoms with Gasteiger partial charge in [-0.15, -0.1) is 0 Å². The van der Waals surface area contributed by atoms with Crippen molar-refractivity contribution in [1.82, 2.24) is 10.3 Å². The van der Waals surface area contributed by atoms with Gasteiger partial charge in [0.05, 0.1) is 43.8 Å². The van der Waals surface area contributed by atoms with Gasteiger partial charge in [-0.25, -0.2) is 9.18 Å². The Bertz CT molecular complexity index is 1170. The highest BCUT2D eigenvalue weighted by Gasteiger charge is 2.70. The third-order valence-electron chi connectivity index (χ3n) is 6.67. The summed E-state index contributed by atoms with van der Waals surface area (Å²) in [4.78, 5) is 28.8. The summed E-state index contributed by atoms with van der Waals surface area (Å²) in [5, 5.41) is 11.7. The van der Waals surface area contributed by atoms with Gasteiger partial charge in [-0.2, -0.15) is 14.0 Å². The molecule has 0 radical (unpaired) electrons. The fourth-order valence-electron chi connectivity index (χ4n) is 4.79. The smallest absolute Gasteiger partial charge is 0.414 e. The minimum absolute atomic E-state index is 0.0281. The summed E-state index contributed by atoms with van der Waals surface area (Å²) >= 11 is 0. The number of halogens is 3. The van der Waals surface area contributed by atoms with Gasteiger partial charge in [0, 0.05) is 29.2 Å². The summed E-state index contributed by atoms with van der Waals surface area (Å²) in [6.07, 6.45) is -3.25. The predicted octanol–water partition coefficient (Wildman–Crippen LogP) is 2.63. The van der Waals surface area contributed by atoms with Crippen molar-refractivity contribution in [3.8, 4) is 17.2 Å². The van der Waals surface area contributed by atoms with E-state index in [-0.39, 0.29) is 36.2 Å². The van der Waals surface area contributed by atoms with Crippen LogP contribution in [0.25, 0.3) is 11.1 Å². The fraction of sp³-hybridized carbons (Fsp3) is 0.391. The number of benzene rings is 1. The van der Waals surface area contributed by atoms with E-state index in [9.17, 15) is 28.0 Å². The first-order valence-corrected chi connectivity index (χ1v) is 10.6. The van der Waals surface area contributed by atoms with Gasteiger partial charge < -0.3 is 14.8 Å². The number of nitriles is 1. The molecule has 2 saturated heterocycles. The number of carbonyl (C=O) groups is 2. The highest BCUT2D eigenvalue weighted by Crippen LogP contribution is 2.62. The van der Waals surface area contributed by atoms with Gasteiger partial charge in [-0.05, 0) is 24.3 Å². The number of hydrogen-bond acceptors (Lipinski definition) is 6. The minimum Gasteiger partial charge on any atom is -0.442 e. The van der Waals surface area contributed by atoms with E-state index in [1.165, 1.54) is 24.4 Å². The number of alkyl halides is 2. The van der Waals surface area contributed by atoms with Crippen molar-refractivity contribution in [1.29, 1.82) is 5.26 Å². The summed E-state index contributed by atoms with van der Waals surface area (Å²) in [5.74, 6) is -1.77. The van der Waals surface area contributed by atoms with E-state index in [4.69, 9.17) is 9.47 Å². The van der Waals surface area contributed by atoms with Crippen LogP contribution in [0.2, 0.25) is 0 Å². The van der Waals surface area contributed by atoms with Gasteiger partial charge in [0.1, 0.15) is 17.3 Å². The number of aromatic nitrogens is 1. The molecule has 2 amide bonds. The lowest BCUT2D eigenvalue weighted by Gasteiger charge is -2.15. The number of rotatable bonds is 6. The van der Waals surface area contributed by atoms with Crippen LogP contribution in [0, 0.1) is 29.0 Å². The molecule has 0 bridgehead atoms. The zero-order valence-electron chi connectivity index (χ0n) is 17.7. The molecule has 8 nitrogen and oxygen atoms in total. The first kappa shape index (κ1) is 22.2. The van der Waals surface area contributed by atoms with E-state index in [1.807, 2.05) is 5.32 Å². The molecule has 0 spiro atoms. The largest absolute Gasteiger partial charge is 0.442 e. The van der Waals surface area contributed by atoms with Crippen molar-refractivity contribution in [3.63, 3.8) is 0 Å². The number of ether oxygens (including phenoxy) is 2. The molecule has 1 aliphatic carbocycles. The number of nitrogens with one attached hydrogen (secondary N) is 1. The molecular formula is C23H19F3N4O4. The Morgan fingerprint density at radius 3 is 2.68 bits per heavy atom. The van der Waals surface area contributed by atoms with Crippen LogP contribution in [-0.4, -0.2) is 55.8 Å². The van der Waals surface area contributed by atoms with E-state index >= 15 is 0 Å². The number of cyclic esters (lactones) is 1. The van der Waals surface area contributed by atoms with E-state index in [0.29, 0.717) is 24.5 Å². The molecule has 176 valence electrons. The zero-order chi connectivity index (χ0) is 24.0. The van der Waals surface area contributed by atoms with Gasteiger partial charge >= 0.3 is 12.5 Å². The van der Waals surface area contributed by atoms with Crippen LogP contribution in [0.15, 0.2) is 36.5 Å². The maximum Gasteiger partial charge on any atom is 0.414 e. The van der Waals surface area contributed by atoms with Crippen molar-refractivity contribution in [3.05, 3.63) is 48.0 Å². The summed E-state index contributed by atoms with van der Waals surface area (Å²) < 4.78 is 50.0. The molecule has 2 aromatic rings. The van der Waals surface area contributed by atoms with Gasteiger partial charge in [-0.3, -0.25) is 14.7 Å². The number of carbonyl (C=O) groups excluding carboxylic acids is 2. The number of amides is 2. The topological polar surface area (TPSA) is 105 Å². The third kappa shape index (κ3) is 3.54. The highest BCUT2D eigenvalue weighted by molar-refractivity contribution is 5.90. The molecule has 3 aliphatic rings. The number of pyridine rings is 1. The van der Waals surface area contributed by atoms with Crippen LogP contribution < -0.4 is 10.2 Å². The van der Waals surface area contributed by atoms with Crippen LogP contribution in [0.3, 0.4) is 0 Å². The maximum absolute atomic E-state index is 14.9. The average molecular weight is 472 g/mol. The second kappa shape index (κ2) is 8.29. The Balaban J connectivity index is 1.28. The van der Waals surface area contributed by atoms with Crippen LogP contribution in [0.5, 0.6) is 0 Å². The standard InChI is InChI=1S/C23H19F3N4O4/c24-18-5-13(30-8-14(34-22(30)32)7-29-21(31)20(25)26)2-3-15(18)12-1-4-19(28-6-12)23(11-27)16-9-33-10-17(16)23/h1-6,14,16-17,20H,7-10H2,(H,29,31)/t14-,16-,17+,23?/m0/s1. The van der Waals surface area contributed by atoms with Crippen molar-refractivity contribution >= 4 is 17.7 Å².